The van der Waals surface area contributed by atoms with Crippen LogP contribution in [0.3, 0.4) is 0 Å². The first-order valence-corrected chi connectivity index (χ1v) is 11.8. The summed E-state index contributed by atoms with van der Waals surface area (Å²) >= 11 is 0. The molecule has 0 bridgehead atoms. The molecule has 1 aromatic rings. The average molecular weight is 387 g/mol. The first-order valence-electron chi connectivity index (χ1n) is 11.8. The zero-order valence-corrected chi connectivity index (χ0v) is 20.1. The molecule has 1 aliphatic rings. The van der Waals surface area contributed by atoms with Crippen LogP contribution in [-0.4, -0.2) is 7.11 Å². The third-order valence-corrected chi connectivity index (χ3v) is 6.28. The van der Waals surface area contributed by atoms with Gasteiger partial charge in [0.1, 0.15) is 5.75 Å². The molecular weight excluding hydrogens is 340 g/mol. The normalized spacial score (nSPS) is 16.9. The molecule has 0 heterocycles. The Kier molecular flexibility index (Phi) is 10.9. The number of hydrogen-bond donors (Lipinski definition) is 0. The Balaban J connectivity index is 0.00000190. The van der Waals surface area contributed by atoms with Crippen molar-refractivity contribution in [2.45, 2.75) is 118 Å². The Bertz CT molecular complexity index is 609. The molecule has 1 heteroatoms. The van der Waals surface area contributed by atoms with E-state index in [2.05, 4.69) is 52.8 Å². The third kappa shape index (κ3) is 6.68. The van der Waals surface area contributed by atoms with Crippen LogP contribution < -0.4 is 4.74 Å². The van der Waals surface area contributed by atoms with E-state index < -0.39 is 0 Å². The summed E-state index contributed by atoms with van der Waals surface area (Å²) in [7, 11) is 1.84. The van der Waals surface area contributed by atoms with Crippen LogP contribution in [0.4, 0.5) is 0 Å². The van der Waals surface area contributed by atoms with Gasteiger partial charge in [-0.3, -0.25) is 0 Å². The topological polar surface area (TPSA) is 9.23 Å². The molecule has 0 aliphatic heterocycles. The summed E-state index contributed by atoms with van der Waals surface area (Å²) in [6, 6.07) is 4.77. The van der Waals surface area contributed by atoms with Crippen LogP contribution >= 0.6 is 0 Å². The van der Waals surface area contributed by atoms with Gasteiger partial charge in [0, 0.05) is 11.5 Å². The monoisotopic (exact) mass is 386 g/mol. The van der Waals surface area contributed by atoms with Gasteiger partial charge in [-0.2, -0.15) is 0 Å². The molecule has 1 unspecified atom stereocenters. The summed E-state index contributed by atoms with van der Waals surface area (Å²) in [6.07, 6.45) is 14.1. The van der Waals surface area contributed by atoms with Crippen molar-refractivity contribution in [3.63, 3.8) is 0 Å². The molecule has 28 heavy (non-hydrogen) atoms. The van der Waals surface area contributed by atoms with E-state index in [-0.39, 0.29) is 5.41 Å². The summed E-state index contributed by atoms with van der Waals surface area (Å²) in [4.78, 5) is 0. The van der Waals surface area contributed by atoms with E-state index >= 15 is 0 Å². The molecule has 0 saturated heterocycles. The highest BCUT2D eigenvalue weighted by atomic mass is 16.5. The molecule has 0 fully saturated rings. The first kappa shape index (κ1) is 24.8. The second-order valence-corrected chi connectivity index (χ2v) is 8.78. The molecule has 0 N–H and O–H groups in total. The lowest BCUT2D eigenvalue weighted by Gasteiger charge is -2.30. The van der Waals surface area contributed by atoms with Gasteiger partial charge >= 0.3 is 0 Å². The van der Waals surface area contributed by atoms with Crippen LogP contribution in [0.2, 0.25) is 0 Å². The predicted octanol–water partition coefficient (Wildman–Crippen LogP) is 8.88. The van der Waals surface area contributed by atoms with Crippen molar-refractivity contribution in [2.75, 3.05) is 7.11 Å². The van der Waals surface area contributed by atoms with Crippen molar-refractivity contribution in [3.05, 3.63) is 40.5 Å². The van der Waals surface area contributed by atoms with Gasteiger partial charge in [-0.25, -0.2) is 0 Å². The maximum absolute atomic E-state index is 5.90. The highest BCUT2D eigenvalue weighted by molar-refractivity contribution is 5.49. The van der Waals surface area contributed by atoms with Crippen molar-refractivity contribution < 1.29 is 4.74 Å². The molecule has 1 aromatic carbocycles. The van der Waals surface area contributed by atoms with Crippen molar-refractivity contribution in [2.24, 2.45) is 0 Å². The van der Waals surface area contributed by atoms with Gasteiger partial charge in [0.05, 0.1) is 7.11 Å². The minimum Gasteiger partial charge on any atom is -0.496 e. The zero-order valence-electron chi connectivity index (χ0n) is 20.1. The second-order valence-electron chi connectivity index (χ2n) is 8.78. The Morgan fingerprint density at radius 2 is 1.79 bits per heavy atom. The molecule has 0 radical (unpaired) electrons. The van der Waals surface area contributed by atoms with E-state index in [9.17, 15) is 0 Å². The van der Waals surface area contributed by atoms with Gasteiger partial charge in [-0.05, 0) is 61.6 Å². The molecule has 0 spiro atoms. The Hall–Kier alpha value is -1.24. The zero-order chi connectivity index (χ0) is 21.2. The smallest absolute Gasteiger partial charge is 0.123 e. The summed E-state index contributed by atoms with van der Waals surface area (Å²) in [6.45, 7) is 15.6. The Morgan fingerprint density at radius 1 is 1.07 bits per heavy atom. The van der Waals surface area contributed by atoms with E-state index in [0.717, 1.165) is 5.75 Å². The summed E-state index contributed by atoms with van der Waals surface area (Å²) in [5.41, 5.74) is 6.08. The van der Waals surface area contributed by atoms with Crippen LogP contribution in [0.25, 0.3) is 0 Å². The summed E-state index contributed by atoms with van der Waals surface area (Å²) < 4.78 is 5.90. The Morgan fingerprint density at radius 3 is 2.39 bits per heavy atom. The fourth-order valence-corrected chi connectivity index (χ4v) is 4.46. The fourth-order valence-electron chi connectivity index (χ4n) is 4.46. The molecule has 1 atom stereocenters. The Labute approximate surface area is 176 Å². The average Bonchev–Trinajstić information content (AvgIpc) is 2.72. The van der Waals surface area contributed by atoms with Crippen LogP contribution in [0.1, 0.15) is 122 Å². The van der Waals surface area contributed by atoms with Gasteiger partial charge in [-0.1, -0.05) is 84.9 Å². The predicted molar refractivity (Wildman–Crippen MR) is 126 cm³/mol. The first-order chi connectivity index (χ1) is 13.4. The van der Waals surface area contributed by atoms with Gasteiger partial charge in [0.2, 0.25) is 0 Å². The van der Waals surface area contributed by atoms with Crippen LogP contribution in [0, 0.1) is 6.92 Å². The SMILES string of the molecule is CC.CCCCCCC(C)(C)c1cc(C)c(C2C=C(CC)CCC2)c(OC)c1. The van der Waals surface area contributed by atoms with Crippen LogP contribution in [0.15, 0.2) is 23.8 Å². The number of rotatable bonds is 9. The van der Waals surface area contributed by atoms with Crippen molar-refractivity contribution in [1.82, 2.24) is 0 Å². The fraction of sp³-hybridized carbons (Fsp3) is 0.704. The van der Waals surface area contributed by atoms with E-state index in [1.54, 1.807) is 5.57 Å². The molecule has 0 aromatic heterocycles. The molecule has 2 rings (SSSR count). The molecule has 0 saturated carbocycles. The second kappa shape index (κ2) is 12.3. The maximum Gasteiger partial charge on any atom is 0.123 e. The number of ether oxygens (including phenoxy) is 1. The van der Waals surface area contributed by atoms with E-state index in [1.807, 2.05) is 21.0 Å². The highest BCUT2D eigenvalue weighted by Gasteiger charge is 2.25. The lowest BCUT2D eigenvalue weighted by atomic mass is 9.76. The van der Waals surface area contributed by atoms with Crippen LogP contribution in [-0.2, 0) is 5.41 Å². The van der Waals surface area contributed by atoms with Gasteiger partial charge in [0.25, 0.3) is 0 Å². The minimum atomic E-state index is 0.210. The number of methoxy groups -OCH3 is 1. The molecular formula is C27H46O. The number of unbranched alkanes of at least 4 members (excludes halogenated alkanes) is 3. The molecule has 0 amide bonds. The number of hydrogen-bond acceptors (Lipinski definition) is 1. The lowest BCUT2D eigenvalue weighted by molar-refractivity contribution is 0.398. The third-order valence-electron chi connectivity index (χ3n) is 6.28. The van der Waals surface area contributed by atoms with Gasteiger partial charge < -0.3 is 4.74 Å². The number of aryl methyl sites for hydroxylation is 1. The van der Waals surface area contributed by atoms with Crippen LogP contribution in [0.5, 0.6) is 5.75 Å². The summed E-state index contributed by atoms with van der Waals surface area (Å²) in [5, 5.41) is 0. The largest absolute Gasteiger partial charge is 0.496 e. The van der Waals surface area contributed by atoms with Crippen molar-refractivity contribution in [1.29, 1.82) is 0 Å². The standard InChI is InChI=1S/C25H40O.C2H6/c1-7-9-10-11-15-25(4,5)22-16-19(3)24(23(18-22)26-6)21-14-12-13-20(8-2)17-21;1-2/h16-18,21H,7-15H2,1-6H3;1-2H3. The minimum absolute atomic E-state index is 0.210. The van der Waals surface area contributed by atoms with E-state index in [4.69, 9.17) is 4.74 Å². The lowest BCUT2D eigenvalue weighted by Crippen LogP contribution is -2.18. The van der Waals surface area contributed by atoms with Gasteiger partial charge in [-0.15, -0.1) is 0 Å². The molecule has 160 valence electrons. The molecule has 1 nitrogen and oxygen atoms in total. The highest BCUT2D eigenvalue weighted by Crippen LogP contribution is 2.41. The molecule has 1 aliphatic carbocycles. The van der Waals surface area contributed by atoms with E-state index in [0.29, 0.717) is 5.92 Å². The van der Waals surface area contributed by atoms with Crippen molar-refractivity contribution >= 4 is 0 Å². The van der Waals surface area contributed by atoms with Crippen molar-refractivity contribution in [3.8, 4) is 5.75 Å². The van der Waals surface area contributed by atoms with E-state index in [1.165, 1.54) is 74.5 Å². The van der Waals surface area contributed by atoms with Gasteiger partial charge in [0.15, 0.2) is 0 Å². The quantitative estimate of drug-likeness (QED) is 0.304. The summed E-state index contributed by atoms with van der Waals surface area (Å²) in [5.74, 6) is 1.62. The maximum atomic E-state index is 5.90. The number of allylic oxidation sites excluding steroid dienone is 2. The number of benzene rings is 1.